The second kappa shape index (κ2) is 6.20. The molecule has 1 amide bonds. The van der Waals surface area contributed by atoms with Gasteiger partial charge < -0.3 is 9.73 Å². The van der Waals surface area contributed by atoms with Crippen LogP contribution in [0.3, 0.4) is 0 Å². The van der Waals surface area contributed by atoms with E-state index in [2.05, 4.69) is 15.3 Å². The predicted molar refractivity (Wildman–Crippen MR) is 93.2 cm³/mol. The first-order valence-electron chi connectivity index (χ1n) is 7.95. The number of rotatable bonds is 5. The monoisotopic (exact) mass is 339 g/mol. The molecule has 1 aliphatic carbocycles. The van der Waals surface area contributed by atoms with Crippen molar-refractivity contribution in [1.82, 2.24) is 9.97 Å². The minimum atomic E-state index is -0.0977. The smallest absolute Gasteiger partial charge is 0.267 e. The standard InChI is InChI=1S/C18H17N3O2S/c1-11-17(24-16(20-11)8-12-2-3-12)18(22)21-14-6-4-13(5-7-14)15-9-19-10-23-15/h4-7,9-10,12H,2-3,8H2,1H3,(H,21,22). The van der Waals surface area contributed by atoms with E-state index < -0.39 is 0 Å². The number of thiazole rings is 1. The fraction of sp³-hybridized carbons (Fsp3) is 0.278. The van der Waals surface area contributed by atoms with Crippen LogP contribution in [0.2, 0.25) is 0 Å². The molecule has 0 spiro atoms. The summed E-state index contributed by atoms with van der Waals surface area (Å²) in [5.74, 6) is 1.38. The van der Waals surface area contributed by atoms with Crippen molar-refractivity contribution in [2.24, 2.45) is 5.92 Å². The first-order chi connectivity index (χ1) is 11.7. The van der Waals surface area contributed by atoms with Crippen LogP contribution >= 0.6 is 11.3 Å². The van der Waals surface area contributed by atoms with Gasteiger partial charge in [-0.1, -0.05) is 0 Å². The summed E-state index contributed by atoms with van der Waals surface area (Å²) in [6.07, 6.45) is 6.65. The topological polar surface area (TPSA) is 68.0 Å². The lowest BCUT2D eigenvalue weighted by Crippen LogP contribution is -2.11. The van der Waals surface area contributed by atoms with Crippen molar-refractivity contribution in [2.75, 3.05) is 5.32 Å². The van der Waals surface area contributed by atoms with Crippen LogP contribution in [0.4, 0.5) is 5.69 Å². The molecular formula is C18H17N3O2S. The van der Waals surface area contributed by atoms with Gasteiger partial charge in [-0.25, -0.2) is 9.97 Å². The van der Waals surface area contributed by atoms with E-state index in [0.717, 1.165) is 34.3 Å². The van der Waals surface area contributed by atoms with Crippen molar-refractivity contribution >= 4 is 22.9 Å². The molecule has 122 valence electrons. The summed E-state index contributed by atoms with van der Waals surface area (Å²) in [5.41, 5.74) is 2.48. The maximum Gasteiger partial charge on any atom is 0.267 e. The van der Waals surface area contributed by atoms with Gasteiger partial charge in [0, 0.05) is 17.7 Å². The Kier molecular flexibility index (Phi) is 3.90. The molecule has 1 aliphatic rings. The van der Waals surface area contributed by atoms with Gasteiger partial charge in [0.05, 0.1) is 16.9 Å². The fourth-order valence-electron chi connectivity index (χ4n) is 2.58. The number of carbonyl (C=O) groups excluding carboxylic acids is 1. The van der Waals surface area contributed by atoms with Crippen molar-refractivity contribution in [3.8, 4) is 11.3 Å². The molecule has 0 saturated heterocycles. The van der Waals surface area contributed by atoms with Crippen LogP contribution < -0.4 is 5.32 Å². The van der Waals surface area contributed by atoms with Gasteiger partial charge in [0.1, 0.15) is 4.88 Å². The number of amides is 1. The zero-order valence-corrected chi connectivity index (χ0v) is 14.1. The van der Waals surface area contributed by atoms with E-state index in [1.165, 1.54) is 30.6 Å². The second-order valence-electron chi connectivity index (χ2n) is 6.07. The fourth-order valence-corrected chi connectivity index (χ4v) is 3.66. The quantitative estimate of drug-likeness (QED) is 0.752. The van der Waals surface area contributed by atoms with Gasteiger partial charge in [-0.3, -0.25) is 4.79 Å². The Balaban J connectivity index is 1.46. The highest BCUT2D eigenvalue weighted by molar-refractivity contribution is 7.13. The van der Waals surface area contributed by atoms with Gasteiger partial charge in [-0.05, 0) is 49.9 Å². The molecule has 0 radical (unpaired) electrons. The summed E-state index contributed by atoms with van der Waals surface area (Å²) in [5, 5.41) is 4.01. The molecular weight excluding hydrogens is 322 g/mol. The number of nitrogens with one attached hydrogen (secondary N) is 1. The van der Waals surface area contributed by atoms with Crippen molar-refractivity contribution < 1.29 is 9.21 Å². The summed E-state index contributed by atoms with van der Waals surface area (Å²) < 4.78 is 5.26. The Morgan fingerprint density at radius 3 is 2.79 bits per heavy atom. The predicted octanol–water partition coefficient (Wildman–Crippen LogP) is 4.31. The zero-order valence-electron chi connectivity index (χ0n) is 13.3. The van der Waals surface area contributed by atoms with Crippen LogP contribution in [0.25, 0.3) is 11.3 Å². The number of oxazole rings is 1. The normalized spacial score (nSPS) is 13.9. The van der Waals surface area contributed by atoms with E-state index >= 15 is 0 Å². The average molecular weight is 339 g/mol. The molecule has 5 nitrogen and oxygen atoms in total. The molecule has 2 heterocycles. The Morgan fingerprint density at radius 2 is 2.12 bits per heavy atom. The molecule has 3 aromatic rings. The Morgan fingerprint density at radius 1 is 1.33 bits per heavy atom. The summed E-state index contributed by atoms with van der Waals surface area (Å²) in [4.78, 5) is 21.6. The lowest BCUT2D eigenvalue weighted by Gasteiger charge is -2.04. The van der Waals surface area contributed by atoms with Crippen LogP contribution in [-0.2, 0) is 6.42 Å². The number of carbonyl (C=O) groups is 1. The summed E-state index contributed by atoms with van der Waals surface area (Å²) in [7, 11) is 0. The third-order valence-electron chi connectivity index (χ3n) is 4.07. The third kappa shape index (κ3) is 3.23. The molecule has 24 heavy (non-hydrogen) atoms. The maximum absolute atomic E-state index is 12.5. The minimum absolute atomic E-state index is 0.0977. The number of hydrogen-bond donors (Lipinski definition) is 1. The summed E-state index contributed by atoms with van der Waals surface area (Å²) in [6.45, 7) is 1.90. The van der Waals surface area contributed by atoms with E-state index in [-0.39, 0.29) is 5.91 Å². The van der Waals surface area contributed by atoms with Crippen molar-refractivity contribution in [1.29, 1.82) is 0 Å². The first kappa shape index (κ1) is 15.1. The summed E-state index contributed by atoms with van der Waals surface area (Å²) >= 11 is 1.51. The molecule has 1 aromatic carbocycles. The number of anilines is 1. The zero-order chi connectivity index (χ0) is 16.5. The highest BCUT2D eigenvalue weighted by Gasteiger charge is 2.24. The molecule has 0 aliphatic heterocycles. The van der Waals surface area contributed by atoms with Gasteiger partial charge >= 0.3 is 0 Å². The van der Waals surface area contributed by atoms with E-state index in [4.69, 9.17) is 4.42 Å². The van der Waals surface area contributed by atoms with E-state index in [1.807, 2.05) is 31.2 Å². The number of hydrogen-bond acceptors (Lipinski definition) is 5. The lowest BCUT2D eigenvalue weighted by molar-refractivity contribution is 0.103. The van der Waals surface area contributed by atoms with Crippen LogP contribution in [0, 0.1) is 12.8 Å². The van der Waals surface area contributed by atoms with Gasteiger partial charge in [0.2, 0.25) is 0 Å². The number of nitrogens with zero attached hydrogens (tertiary/aromatic N) is 2. The van der Waals surface area contributed by atoms with Gasteiger partial charge in [0.15, 0.2) is 12.2 Å². The van der Waals surface area contributed by atoms with E-state index in [9.17, 15) is 4.79 Å². The van der Waals surface area contributed by atoms with Crippen molar-refractivity contribution in [2.45, 2.75) is 26.2 Å². The SMILES string of the molecule is Cc1nc(CC2CC2)sc1C(=O)Nc1ccc(-c2cnco2)cc1. The number of benzene rings is 1. The largest absolute Gasteiger partial charge is 0.444 e. The van der Waals surface area contributed by atoms with Crippen molar-refractivity contribution in [3.05, 3.63) is 52.4 Å². The van der Waals surface area contributed by atoms with Crippen LogP contribution in [0.15, 0.2) is 41.3 Å². The highest BCUT2D eigenvalue weighted by atomic mass is 32.1. The number of aromatic nitrogens is 2. The molecule has 6 heteroatoms. The van der Waals surface area contributed by atoms with Gasteiger partial charge in [0.25, 0.3) is 5.91 Å². The number of aryl methyl sites for hydroxylation is 1. The Bertz CT molecular complexity index is 849. The van der Waals surface area contributed by atoms with Crippen molar-refractivity contribution in [3.63, 3.8) is 0 Å². The summed E-state index contributed by atoms with van der Waals surface area (Å²) in [6, 6.07) is 7.51. The third-order valence-corrected chi connectivity index (χ3v) is 5.25. The first-order valence-corrected chi connectivity index (χ1v) is 8.77. The van der Waals surface area contributed by atoms with Crippen LogP contribution in [-0.4, -0.2) is 15.9 Å². The average Bonchev–Trinajstić information content (AvgIpc) is 3.08. The molecule has 0 unspecified atom stereocenters. The lowest BCUT2D eigenvalue weighted by atomic mass is 10.1. The molecule has 0 atom stereocenters. The Hall–Kier alpha value is -2.47. The second-order valence-corrected chi connectivity index (χ2v) is 7.15. The van der Waals surface area contributed by atoms with Crippen LogP contribution in [0.1, 0.15) is 33.2 Å². The highest BCUT2D eigenvalue weighted by Crippen LogP contribution is 2.34. The molecule has 2 aromatic heterocycles. The Labute approximate surface area is 143 Å². The molecule has 1 fully saturated rings. The van der Waals surface area contributed by atoms with Gasteiger partial charge in [-0.15, -0.1) is 11.3 Å². The van der Waals surface area contributed by atoms with E-state index in [1.54, 1.807) is 6.20 Å². The van der Waals surface area contributed by atoms with Crippen LogP contribution in [0.5, 0.6) is 0 Å². The molecule has 1 N–H and O–H groups in total. The van der Waals surface area contributed by atoms with E-state index in [0.29, 0.717) is 10.6 Å². The molecule has 0 bridgehead atoms. The molecule has 1 saturated carbocycles. The van der Waals surface area contributed by atoms with Gasteiger partial charge in [-0.2, -0.15) is 0 Å². The minimum Gasteiger partial charge on any atom is -0.444 e. The molecule has 4 rings (SSSR count). The maximum atomic E-state index is 12.5.